The molecule has 68 valence electrons. The van der Waals surface area contributed by atoms with Crippen LogP contribution in [0.4, 0.5) is 0 Å². The zero-order valence-electron chi connectivity index (χ0n) is 8.52. The summed E-state index contributed by atoms with van der Waals surface area (Å²) >= 11 is 0. The minimum atomic E-state index is 0.247. The lowest BCUT2D eigenvalue weighted by Gasteiger charge is -2.55. The molecule has 0 aromatic heterocycles. The van der Waals surface area contributed by atoms with Gasteiger partial charge in [-0.05, 0) is 12.5 Å². The molecule has 1 heterocycles. The predicted molar refractivity (Wildman–Crippen MR) is 49.6 cm³/mol. The number of nitrogens with zero attached hydrogens (tertiary/aromatic N) is 2. The van der Waals surface area contributed by atoms with Gasteiger partial charge in [0, 0.05) is 24.9 Å². The van der Waals surface area contributed by atoms with E-state index in [0.29, 0.717) is 6.42 Å². The lowest BCUT2D eigenvalue weighted by molar-refractivity contribution is -0.0630. The predicted octanol–water partition coefficient (Wildman–Crippen LogP) is 1.88. The summed E-state index contributed by atoms with van der Waals surface area (Å²) in [5, 5.41) is 8.75. The van der Waals surface area contributed by atoms with E-state index < -0.39 is 0 Å². The van der Waals surface area contributed by atoms with Crippen LogP contribution in [0.3, 0.4) is 0 Å². The van der Waals surface area contributed by atoms with Crippen LogP contribution in [0.1, 0.15) is 27.2 Å². The molecule has 1 aliphatic rings. The molecule has 0 saturated carbocycles. The number of hydrogen-bond acceptors (Lipinski definition) is 2. The second kappa shape index (κ2) is 2.74. The molecule has 2 heteroatoms. The fourth-order valence-corrected chi connectivity index (χ4v) is 1.99. The molecule has 1 rings (SSSR count). The van der Waals surface area contributed by atoms with E-state index in [0.717, 1.165) is 13.1 Å². The van der Waals surface area contributed by atoms with Crippen molar-refractivity contribution in [1.82, 2.24) is 4.90 Å². The van der Waals surface area contributed by atoms with E-state index in [-0.39, 0.29) is 10.8 Å². The summed E-state index contributed by atoms with van der Waals surface area (Å²) in [5.41, 5.74) is 0.506. The number of likely N-dealkylation sites (tertiary alicyclic amines) is 1. The van der Waals surface area contributed by atoms with Crippen LogP contribution >= 0.6 is 0 Å². The summed E-state index contributed by atoms with van der Waals surface area (Å²) in [6, 6.07) is 2.31. The minimum Gasteiger partial charge on any atom is -0.305 e. The Morgan fingerprint density at radius 1 is 1.42 bits per heavy atom. The lowest BCUT2D eigenvalue weighted by atomic mass is 9.60. The molecule has 0 aromatic rings. The van der Waals surface area contributed by atoms with E-state index in [1.54, 1.807) is 0 Å². The zero-order chi connectivity index (χ0) is 9.41. The second-order valence-corrected chi connectivity index (χ2v) is 5.04. The third-order valence-electron chi connectivity index (χ3n) is 3.15. The van der Waals surface area contributed by atoms with Crippen molar-refractivity contribution in [1.29, 1.82) is 5.26 Å². The maximum Gasteiger partial charge on any atom is 0.0628 e. The molecule has 2 nitrogen and oxygen atoms in total. The van der Waals surface area contributed by atoms with Crippen molar-refractivity contribution in [3.05, 3.63) is 0 Å². The average Bonchev–Trinajstić information content (AvgIpc) is 1.81. The Morgan fingerprint density at radius 3 is 2.17 bits per heavy atom. The quantitative estimate of drug-likeness (QED) is 0.594. The second-order valence-electron chi connectivity index (χ2n) is 5.04. The molecule has 0 spiro atoms. The van der Waals surface area contributed by atoms with E-state index in [9.17, 15) is 0 Å². The Hall–Kier alpha value is -0.550. The summed E-state index contributed by atoms with van der Waals surface area (Å²) in [6.45, 7) is 8.85. The third kappa shape index (κ3) is 1.34. The SMILES string of the molecule is CN1CC(CC#N)(C(C)(C)C)C1. The average molecular weight is 166 g/mol. The van der Waals surface area contributed by atoms with Gasteiger partial charge in [-0.3, -0.25) is 0 Å². The number of hydrogen-bond donors (Lipinski definition) is 0. The third-order valence-corrected chi connectivity index (χ3v) is 3.15. The summed E-state index contributed by atoms with van der Waals surface area (Å²) in [7, 11) is 2.11. The van der Waals surface area contributed by atoms with Gasteiger partial charge < -0.3 is 4.90 Å². The maximum absolute atomic E-state index is 8.75. The van der Waals surface area contributed by atoms with Crippen molar-refractivity contribution in [3.8, 4) is 6.07 Å². The highest BCUT2D eigenvalue weighted by Gasteiger charge is 2.49. The first-order valence-electron chi connectivity index (χ1n) is 4.47. The molecule has 0 N–H and O–H groups in total. The molecule has 12 heavy (non-hydrogen) atoms. The zero-order valence-corrected chi connectivity index (χ0v) is 8.52. The van der Waals surface area contributed by atoms with Crippen LogP contribution < -0.4 is 0 Å². The van der Waals surface area contributed by atoms with Crippen molar-refractivity contribution in [2.75, 3.05) is 20.1 Å². The van der Waals surface area contributed by atoms with E-state index >= 15 is 0 Å². The van der Waals surface area contributed by atoms with Crippen molar-refractivity contribution in [3.63, 3.8) is 0 Å². The summed E-state index contributed by atoms with van der Waals surface area (Å²) < 4.78 is 0. The highest BCUT2D eigenvalue weighted by molar-refractivity contribution is 5.05. The molecule has 0 radical (unpaired) electrons. The van der Waals surface area contributed by atoms with Crippen molar-refractivity contribution >= 4 is 0 Å². The fraction of sp³-hybridized carbons (Fsp3) is 0.900. The molecule has 0 aliphatic carbocycles. The van der Waals surface area contributed by atoms with Crippen molar-refractivity contribution < 1.29 is 0 Å². The van der Waals surface area contributed by atoms with Crippen LogP contribution in [0.15, 0.2) is 0 Å². The Kier molecular flexibility index (Phi) is 2.18. The van der Waals surface area contributed by atoms with Crippen LogP contribution in [0.2, 0.25) is 0 Å². The van der Waals surface area contributed by atoms with Crippen LogP contribution in [0, 0.1) is 22.2 Å². The molecular formula is C10H18N2. The van der Waals surface area contributed by atoms with Gasteiger partial charge in [0.25, 0.3) is 0 Å². The van der Waals surface area contributed by atoms with Crippen molar-refractivity contribution in [2.45, 2.75) is 27.2 Å². The fourth-order valence-electron chi connectivity index (χ4n) is 1.99. The van der Waals surface area contributed by atoms with Gasteiger partial charge in [0.05, 0.1) is 6.07 Å². The van der Waals surface area contributed by atoms with E-state index in [1.807, 2.05) is 0 Å². The van der Waals surface area contributed by atoms with Gasteiger partial charge in [0.1, 0.15) is 0 Å². The van der Waals surface area contributed by atoms with Crippen LogP contribution in [-0.2, 0) is 0 Å². The summed E-state index contributed by atoms with van der Waals surface area (Å²) in [6.07, 6.45) is 0.695. The summed E-state index contributed by atoms with van der Waals surface area (Å²) in [4.78, 5) is 2.28. The van der Waals surface area contributed by atoms with Crippen LogP contribution in [-0.4, -0.2) is 25.0 Å². The topological polar surface area (TPSA) is 27.0 Å². The lowest BCUT2D eigenvalue weighted by Crippen LogP contribution is -2.60. The first-order valence-corrected chi connectivity index (χ1v) is 4.47. The molecule has 0 atom stereocenters. The first kappa shape index (κ1) is 9.54. The molecule has 0 unspecified atom stereocenters. The molecule has 0 aromatic carbocycles. The monoisotopic (exact) mass is 166 g/mol. The Balaban J connectivity index is 2.71. The van der Waals surface area contributed by atoms with Crippen molar-refractivity contribution in [2.24, 2.45) is 10.8 Å². The molecule has 1 saturated heterocycles. The first-order chi connectivity index (χ1) is 5.41. The summed E-state index contributed by atoms with van der Waals surface area (Å²) in [5.74, 6) is 0. The normalized spacial score (nSPS) is 22.9. The molecule has 1 fully saturated rings. The molecular weight excluding hydrogens is 148 g/mol. The molecule has 0 amide bonds. The van der Waals surface area contributed by atoms with Gasteiger partial charge in [-0.1, -0.05) is 20.8 Å². The smallest absolute Gasteiger partial charge is 0.0628 e. The highest BCUT2D eigenvalue weighted by atomic mass is 15.2. The molecule has 0 bridgehead atoms. The Morgan fingerprint density at radius 2 is 1.92 bits per heavy atom. The van der Waals surface area contributed by atoms with Gasteiger partial charge in [-0.15, -0.1) is 0 Å². The van der Waals surface area contributed by atoms with E-state index in [1.165, 1.54) is 0 Å². The Bertz CT molecular complexity index is 201. The van der Waals surface area contributed by atoms with Crippen LogP contribution in [0.25, 0.3) is 0 Å². The standard InChI is InChI=1S/C10H18N2/c1-9(2,3)10(5-6-11)7-12(4)8-10/h5,7-8H2,1-4H3. The van der Waals surface area contributed by atoms with E-state index in [2.05, 4.69) is 38.8 Å². The minimum absolute atomic E-state index is 0.247. The Labute approximate surface area is 75.2 Å². The number of rotatable bonds is 1. The van der Waals surface area contributed by atoms with Gasteiger partial charge >= 0.3 is 0 Å². The van der Waals surface area contributed by atoms with E-state index in [4.69, 9.17) is 5.26 Å². The van der Waals surface area contributed by atoms with Gasteiger partial charge in [-0.25, -0.2) is 0 Å². The highest BCUT2D eigenvalue weighted by Crippen LogP contribution is 2.47. The molecule has 1 aliphatic heterocycles. The van der Waals surface area contributed by atoms with Gasteiger partial charge in [-0.2, -0.15) is 5.26 Å². The van der Waals surface area contributed by atoms with Gasteiger partial charge in [0.15, 0.2) is 0 Å². The van der Waals surface area contributed by atoms with Crippen LogP contribution in [0.5, 0.6) is 0 Å². The van der Waals surface area contributed by atoms with Gasteiger partial charge in [0.2, 0.25) is 0 Å². The number of nitriles is 1. The maximum atomic E-state index is 8.75. The largest absolute Gasteiger partial charge is 0.305 e.